The molecule has 0 atom stereocenters. The van der Waals surface area contributed by atoms with Crippen molar-refractivity contribution in [3.63, 3.8) is 0 Å². The molecule has 14 heavy (non-hydrogen) atoms. The van der Waals surface area contributed by atoms with E-state index >= 15 is 0 Å². The average molecular weight is 222 g/mol. The summed E-state index contributed by atoms with van der Waals surface area (Å²) >= 11 is 3.04. The number of carbonyl (C=O) groups is 1. The number of ketones is 1. The number of thiophene rings is 2. The van der Waals surface area contributed by atoms with E-state index in [9.17, 15) is 4.79 Å². The molecule has 0 aliphatic carbocycles. The maximum atomic E-state index is 11.9. The van der Waals surface area contributed by atoms with Gasteiger partial charge < -0.3 is 0 Å². The van der Waals surface area contributed by atoms with Crippen LogP contribution in [-0.4, -0.2) is 5.78 Å². The summed E-state index contributed by atoms with van der Waals surface area (Å²) in [5, 5.41) is 4.02. The lowest BCUT2D eigenvalue weighted by atomic mass is 10.2. The monoisotopic (exact) mass is 222 g/mol. The predicted octanol–water partition coefficient (Wildman–Crippen LogP) is 3.66. The Kier molecular flexibility index (Phi) is 2.52. The summed E-state index contributed by atoms with van der Waals surface area (Å²) in [6.07, 6.45) is 0. The Morgan fingerprint density at radius 1 is 1.00 bits per heavy atom. The molecule has 0 aromatic carbocycles. The van der Waals surface area contributed by atoms with E-state index in [4.69, 9.17) is 0 Å². The normalized spacial score (nSPS) is 10.4. The van der Waals surface area contributed by atoms with E-state index in [-0.39, 0.29) is 5.78 Å². The molecule has 2 heterocycles. The fourth-order valence-corrected chi connectivity index (χ4v) is 2.99. The Labute approximate surface area is 91.0 Å². The van der Waals surface area contributed by atoms with Gasteiger partial charge in [-0.05, 0) is 47.9 Å². The minimum Gasteiger partial charge on any atom is -0.287 e. The van der Waals surface area contributed by atoms with Crippen molar-refractivity contribution < 1.29 is 4.79 Å². The van der Waals surface area contributed by atoms with E-state index in [0.29, 0.717) is 0 Å². The fraction of sp³-hybridized carbons (Fsp3) is 0.182. The summed E-state index contributed by atoms with van der Waals surface area (Å²) in [4.78, 5) is 13.6. The minimum atomic E-state index is 0.154. The second-order valence-electron chi connectivity index (χ2n) is 3.31. The summed E-state index contributed by atoms with van der Waals surface area (Å²) in [7, 11) is 0. The van der Waals surface area contributed by atoms with Crippen molar-refractivity contribution in [2.45, 2.75) is 13.8 Å². The molecular weight excluding hydrogens is 212 g/mol. The molecule has 3 heteroatoms. The molecule has 2 aromatic rings. The maximum Gasteiger partial charge on any atom is 0.212 e. The van der Waals surface area contributed by atoms with Crippen LogP contribution < -0.4 is 0 Å². The first-order valence-corrected chi connectivity index (χ1v) is 6.08. The summed E-state index contributed by atoms with van der Waals surface area (Å²) in [5.74, 6) is 0.154. The molecule has 0 amide bonds. The molecule has 0 bridgehead atoms. The van der Waals surface area contributed by atoms with E-state index in [1.165, 1.54) is 22.7 Å². The van der Waals surface area contributed by atoms with Crippen molar-refractivity contribution in [3.05, 3.63) is 43.8 Å². The number of carbonyl (C=O) groups excluding carboxylic acids is 1. The van der Waals surface area contributed by atoms with Gasteiger partial charge in [-0.15, -0.1) is 22.7 Å². The highest BCUT2D eigenvalue weighted by Crippen LogP contribution is 2.22. The molecule has 0 saturated heterocycles. The van der Waals surface area contributed by atoms with Crippen molar-refractivity contribution in [3.8, 4) is 0 Å². The van der Waals surface area contributed by atoms with Crippen molar-refractivity contribution in [1.82, 2.24) is 0 Å². The minimum absolute atomic E-state index is 0.154. The third-order valence-corrected chi connectivity index (χ3v) is 4.00. The van der Waals surface area contributed by atoms with E-state index < -0.39 is 0 Å². The van der Waals surface area contributed by atoms with Gasteiger partial charge >= 0.3 is 0 Å². The lowest BCUT2D eigenvalue weighted by Gasteiger charge is -1.90. The molecule has 0 fully saturated rings. The van der Waals surface area contributed by atoms with Crippen molar-refractivity contribution in [1.29, 1.82) is 0 Å². The van der Waals surface area contributed by atoms with Crippen LogP contribution in [0.3, 0.4) is 0 Å². The summed E-state index contributed by atoms with van der Waals surface area (Å²) in [6, 6.07) is 3.89. The molecule has 2 aromatic heterocycles. The number of hydrogen-bond donors (Lipinski definition) is 0. The van der Waals surface area contributed by atoms with Crippen LogP contribution in [0.5, 0.6) is 0 Å². The van der Waals surface area contributed by atoms with Gasteiger partial charge in [-0.25, -0.2) is 0 Å². The zero-order chi connectivity index (χ0) is 10.1. The van der Waals surface area contributed by atoms with Gasteiger partial charge in [-0.2, -0.15) is 0 Å². The van der Waals surface area contributed by atoms with Gasteiger partial charge in [0.15, 0.2) is 0 Å². The van der Waals surface area contributed by atoms with Crippen LogP contribution in [0.2, 0.25) is 0 Å². The highest BCUT2D eigenvalue weighted by molar-refractivity contribution is 7.15. The average Bonchev–Trinajstić information content (AvgIpc) is 2.73. The van der Waals surface area contributed by atoms with Gasteiger partial charge in [-0.1, -0.05) is 0 Å². The fourth-order valence-electron chi connectivity index (χ4n) is 1.22. The van der Waals surface area contributed by atoms with Crippen LogP contribution in [0.15, 0.2) is 22.9 Å². The summed E-state index contributed by atoms with van der Waals surface area (Å²) in [5.41, 5.74) is 2.32. The molecule has 0 saturated carbocycles. The SMILES string of the molecule is Cc1csc(C(=O)c2cc(C)cs2)c1. The first-order valence-electron chi connectivity index (χ1n) is 4.32. The molecule has 72 valence electrons. The number of hydrogen-bond acceptors (Lipinski definition) is 3. The maximum absolute atomic E-state index is 11.9. The molecular formula is C11H10OS2. The first-order chi connectivity index (χ1) is 6.66. The largest absolute Gasteiger partial charge is 0.287 e. The van der Waals surface area contributed by atoms with E-state index in [0.717, 1.165) is 20.9 Å². The third-order valence-electron chi connectivity index (χ3n) is 1.91. The highest BCUT2D eigenvalue weighted by atomic mass is 32.1. The van der Waals surface area contributed by atoms with Gasteiger partial charge in [0.1, 0.15) is 0 Å². The van der Waals surface area contributed by atoms with E-state index in [1.807, 2.05) is 36.7 Å². The Morgan fingerprint density at radius 3 is 1.71 bits per heavy atom. The molecule has 0 radical (unpaired) electrons. The lowest BCUT2D eigenvalue weighted by molar-refractivity contribution is 0.104. The highest BCUT2D eigenvalue weighted by Gasteiger charge is 2.12. The van der Waals surface area contributed by atoms with Crippen LogP contribution in [0.4, 0.5) is 0 Å². The second kappa shape index (κ2) is 3.67. The van der Waals surface area contributed by atoms with Crippen molar-refractivity contribution in [2.75, 3.05) is 0 Å². The third kappa shape index (κ3) is 1.79. The van der Waals surface area contributed by atoms with Crippen LogP contribution >= 0.6 is 22.7 Å². The molecule has 0 aliphatic heterocycles. The van der Waals surface area contributed by atoms with Gasteiger partial charge in [0, 0.05) is 0 Å². The molecule has 0 N–H and O–H groups in total. The molecule has 1 nitrogen and oxygen atoms in total. The van der Waals surface area contributed by atoms with Gasteiger partial charge in [0.2, 0.25) is 5.78 Å². The second-order valence-corrected chi connectivity index (χ2v) is 5.13. The number of aryl methyl sites for hydroxylation is 2. The van der Waals surface area contributed by atoms with Gasteiger partial charge in [-0.3, -0.25) is 4.79 Å². The molecule has 0 aliphatic rings. The quantitative estimate of drug-likeness (QED) is 0.709. The zero-order valence-electron chi connectivity index (χ0n) is 8.03. The lowest BCUT2D eigenvalue weighted by Crippen LogP contribution is -1.94. The first kappa shape index (κ1) is 9.62. The standard InChI is InChI=1S/C11H10OS2/c1-7-3-9(13-5-7)11(12)10-4-8(2)6-14-10/h3-6H,1-2H3. The van der Waals surface area contributed by atoms with E-state index in [2.05, 4.69) is 0 Å². The van der Waals surface area contributed by atoms with Crippen LogP contribution in [0, 0.1) is 13.8 Å². The van der Waals surface area contributed by atoms with Crippen LogP contribution in [-0.2, 0) is 0 Å². The van der Waals surface area contributed by atoms with Gasteiger partial charge in [0.25, 0.3) is 0 Å². The summed E-state index contributed by atoms with van der Waals surface area (Å²) in [6.45, 7) is 4.01. The van der Waals surface area contributed by atoms with Crippen molar-refractivity contribution in [2.24, 2.45) is 0 Å². The van der Waals surface area contributed by atoms with Crippen molar-refractivity contribution >= 4 is 28.5 Å². The predicted molar refractivity (Wildman–Crippen MR) is 61.5 cm³/mol. The van der Waals surface area contributed by atoms with E-state index in [1.54, 1.807) is 0 Å². The van der Waals surface area contributed by atoms with Crippen LogP contribution in [0.1, 0.15) is 25.7 Å². The Morgan fingerprint density at radius 2 is 1.43 bits per heavy atom. The molecule has 0 spiro atoms. The topological polar surface area (TPSA) is 17.1 Å². The summed E-state index contributed by atoms with van der Waals surface area (Å²) < 4.78 is 0. The molecule has 0 unspecified atom stereocenters. The van der Waals surface area contributed by atoms with Gasteiger partial charge in [0.05, 0.1) is 9.75 Å². The smallest absolute Gasteiger partial charge is 0.212 e. The molecule has 2 rings (SSSR count). The Hall–Kier alpha value is -0.930. The van der Waals surface area contributed by atoms with Crippen LogP contribution in [0.25, 0.3) is 0 Å². The zero-order valence-corrected chi connectivity index (χ0v) is 9.67. The Balaban J connectivity index is 2.33. The number of rotatable bonds is 2. The Bertz CT molecular complexity index is 423.